The van der Waals surface area contributed by atoms with Crippen molar-refractivity contribution in [2.45, 2.75) is 38.6 Å². The molecule has 1 N–H and O–H groups in total. The number of likely N-dealkylation sites (N-methyl/N-ethyl adjacent to an activating group) is 1. The maximum atomic E-state index is 5.84. The highest BCUT2D eigenvalue weighted by molar-refractivity contribution is 6.28. The van der Waals surface area contributed by atoms with Gasteiger partial charge in [-0.05, 0) is 53.7 Å². The summed E-state index contributed by atoms with van der Waals surface area (Å²) >= 11 is 5.84. The van der Waals surface area contributed by atoms with E-state index >= 15 is 0 Å². The van der Waals surface area contributed by atoms with Gasteiger partial charge in [0.05, 0.1) is 6.04 Å². The first-order valence-corrected chi connectivity index (χ1v) is 7.30. The van der Waals surface area contributed by atoms with Crippen molar-refractivity contribution in [3.8, 4) is 0 Å². The van der Waals surface area contributed by atoms with Gasteiger partial charge in [0.1, 0.15) is 5.76 Å². The van der Waals surface area contributed by atoms with Crippen LogP contribution in [0.5, 0.6) is 0 Å². The fourth-order valence-corrected chi connectivity index (χ4v) is 2.39. The van der Waals surface area contributed by atoms with Crippen molar-refractivity contribution in [3.63, 3.8) is 0 Å². The Kier molecular flexibility index (Phi) is 4.56. The van der Waals surface area contributed by atoms with Gasteiger partial charge >= 0.3 is 0 Å². The Morgan fingerprint density at radius 1 is 1.10 bits per heavy atom. The lowest BCUT2D eigenvalue weighted by atomic mass is 9.86. The third kappa shape index (κ3) is 3.65. The minimum atomic E-state index is 0.142. The van der Waals surface area contributed by atoms with Crippen LogP contribution in [0.4, 0.5) is 0 Å². The van der Waals surface area contributed by atoms with Crippen molar-refractivity contribution < 1.29 is 4.42 Å². The lowest BCUT2D eigenvalue weighted by Gasteiger charge is -2.20. The van der Waals surface area contributed by atoms with Gasteiger partial charge in [0.15, 0.2) is 5.22 Å². The van der Waals surface area contributed by atoms with Gasteiger partial charge in [0.2, 0.25) is 0 Å². The molecular formula is C17H22ClNO. The van der Waals surface area contributed by atoms with E-state index in [4.69, 9.17) is 16.0 Å². The molecule has 1 aromatic heterocycles. The summed E-state index contributed by atoms with van der Waals surface area (Å²) in [5.41, 5.74) is 2.82. The highest BCUT2D eigenvalue weighted by Crippen LogP contribution is 2.25. The molecule has 0 aliphatic carbocycles. The first-order valence-electron chi connectivity index (χ1n) is 6.92. The second-order valence-electron chi connectivity index (χ2n) is 6.13. The molecule has 0 spiro atoms. The van der Waals surface area contributed by atoms with Crippen LogP contribution in [-0.2, 0) is 11.8 Å². The molecule has 0 bridgehead atoms. The number of rotatable bonds is 4. The molecule has 1 unspecified atom stereocenters. The number of nitrogens with one attached hydrogen (secondary N) is 1. The standard InChI is InChI=1S/C17H22ClNO/c1-17(2,3)13-7-5-12(6-8-13)11-14(19-4)15-9-10-16(18)20-15/h5-10,14,19H,11H2,1-4H3. The zero-order valence-corrected chi connectivity index (χ0v) is 13.3. The van der Waals surface area contributed by atoms with Gasteiger partial charge in [-0.15, -0.1) is 0 Å². The molecule has 20 heavy (non-hydrogen) atoms. The predicted molar refractivity (Wildman–Crippen MR) is 84.4 cm³/mol. The molecule has 1 atom stereocenters. The summed E-state index contributed by atoms with van der Waals surface area (Å²) in [5, 5.41) is 3.71. The normalized spacial score (nSPS) is 13.4. The van der Waals surface area contributed by atoms with Crippen LogP contribution < -0.4 is 5.32 Å². The zero-order chi connectivity index (χ0) is 14.8. The topological polar surface area (TPSA) is 25.2 Å². The summed E-state index contributed by atoms with van der Waals surface area (Å²) < 4.78 is 5.49. The van der Waals surface area contributed by atoms with Crippen molar-refractivity contribution in [2.75, 3.05) is 7.05 Å². The molecule has 0 aliphatic heterocycles. The molecule has 108 valence electrons. The maximum Gasteiger partial charge on any atom is 0.193 e. The molecule has 0 amide bonds. The SMILES string of the molecule is CNC(Cc1ccc(C(C)(C)C)cc1)c1ccc(Cl)o1. The third-order valence-corrected chi connectivity index (χ3v) is 3.75. The van der Waals surface area contributed by atoms with Crippen LogP contribution in [0.15, 0.2) is 40.8 Å². The first kappa shape index (κ1) is 15.1. The van der Waals surface area contributed by atoms with Crippen LogP contribution in [0.2, 0.25) is 5.22 Å². The van der Waals surface area contributed by atoms with Crippen LogP contribution in [0.1, 0.15) is 43.7 Å². The summed E-state index contributed by atoms with van der Waals surface area (Å²) in [6.45, 7) is 6.68. The van der Waals surface area contributed by atoms with E-state index in [0.717, 1.165) is 12.2 Å². The molecule has 0 saturated carbocycles. The maximum absolute atomic E-state index is 5.84. The van der Waals surface area contributed by atoms with Gasteiger partial charge in [0.25, 0.3) is 0 Å². The number of furan rings is 1. The second kappa shape index (κ2) is 6.02. The van der Waals surface area contributed by atoms with Crippen LogP contribution in [0.3, 0.4) is 0 Å². The quantitative estimate of drug-likeness (QED) is 0.880. The molecule has 3 heteroatoms. The molecule has 2 rings (SSSR count). The van der Waals surface area contributed by atoms with Crippen molar-refractivity contribution in [3.05, 3.63) is 58.5 Å². The van der Waals surface area contributed by atoms with Crippen molar-refractivity contribution in [2.24, 2.45) is 0 Å². The van der Waals surface area contributed by atoms with Crippen LogP contribution >= 0.6 is 11.6 Å². The summed E-state index contributed by atoms with van der Waals surface area (Å²) in [7, 11) is 1.94. The van der Waals surface area contributed by atoms with Crippen LogP contribution in [-0.4, -0.2) is 7.05 Å². The Morgan fingerprint density at radius 3 is 2.20 bits per heavy atom. The summed E-state index contributed by atoms with van der Waals surface area (Å²) in [6, 6.07) is 12.6. The molecular weight excluding hydrogens is 270 g/mol. The summed E-state index contributed by atoms with van der Waals surface area (Å²) in [5.74, 6) is 0.873. The number of halogens is 1. The summed E-state index contributed by atoms with van der Waals surface area (Å²) in [4.78, 5) is 0. The molecule has 2 nitrogen and oxygen atoms in total. The van der Waals surface area contributed by atoms with E-state index in [1.807, 2.05) is 13.1 Å². The highest BCUT2D eigenvalue weighted by atomic mass is 35.5. The summed E-state index contributed by atoms with van der Waals surface area (Å²) in [6.07, 6.45) is 0.880. The van der Waals surface area contributed by atoms with E-state index in [1.165, 1.54) is 11.1 Å². The van der Waals surface area contributed by atoms with Crippen LogP contribution in [0.25, 0.3) is 0 Å². The third-order valence-electron chi connectivity index (χ3n) is 3.55. The Labute approximate surface area is 126 Å². The van der Waals surface area contributed by atoms with Gasteiger partial charge in [-0.1, -0.05) is 45.0 Å². The largest absolute Gasteiger partial charge is 0.448 e. The van der Waals surface area contributed by atoms with E-state index in [0.29, 0.717) is 5.22 Å². The lowest BCUT2D eigenvalue weighted by molar-refractivity contribution is 0.430. The molecule has 0 fully saturated rings. The first-order chi connectivity index (χ1) is 9.40. The van der Waals surface area contributed by atoms with E-state index in [-0.39, 0.29) is 11.5 Å². The molecule has 1 heterocycles. The number of hydrogen-bond acceptors (Lipinski definition) is 2. The molecule has 0 saturated heterocycles. The second-order valence-corrected chi connectivity index (χ2v) is 6.51. The minimum Gasteiger partial charge on any atom is -0.448 e. The minimum absolute atomic E-state index is 0.142. The lowest BCUT2D eigenvalue weighted by Crippen LogP contribution is -2.18. The molecule has 0 radical (unpaired) electrons. The van der Waals surface area contributed by atoms with Gasteiger partial charge in [-0.3, -0.25) is 0 Å². The molecule has 2 aromatic rings. The van der Waals surface area contributed by atoms with E-state index in [9.17, 15) is 0 Å². The van der Waals surface area contributed by atoms with Gasteiger partial charge in [-0.25, -0.2) is 0 Å². The Bertz CT molecular complexity index is 551. The Morgan fingerprint density at radius 2 is 1.75 bits per heavy atom. The predicted octanol–water partition coefficient (Wildman–Crippen LogP) is 4.73. The van der Waals surface area contributed by atoms with Gasteiger partial charge in [-0.2, -0.15) is 0 Å². The molecule has 0 aliphatic rings. The average Bonchev–Trinajstić information content (AvgIpc) is 2.82. The van der Waals surface area contributed by atoms with Crippen LogP contribution in [0, 0.1) is 0 Å². The number of hydrogen-bond donors (Lipinski definition) is 1. The average molecular weight is 292 g/mol. The molecule has 1 aromatic carbocycles. The monoisotopic (exact) mass is 291 g/mol. The number of benzene rings is 1. The van der Waals surface area contributed by atoms with Crippen molar-refractivity contribution in [1.29, 1.82) is 0 Å². The van der Waals surface area contributed by atoms with E-state index in [2.05, 4.69) is 50.4 Å². The van der Waals surface area contributed by atoms with E-state index < -0.39 is 0 Å². The van der Waals surface area contributed by atoms with Crippen molar-refractivity contribution in [1.82, 2.24) is 5.32 Å². The fraction of sp³-hybridized carbons (Fsp3) is 0.412. The fourth-order valence-electron chi connectivity index (χ4n) is 2.24. The Balaban J connectivity index is 2.12. The van der Waals surface area contributed by atoms with Gasteiger partial charge in [0, 0.05) is 0 Å². The Hall–Kier alpha value is -1.25. The highest BCUT2D eigenvalue weighted by Gasteiger charge is 2.16. The smallest absolute Gasteiger partial charge is 0.193 e. The van der Waals surface area contributed by atoms with E-state index in [1.54, 1.807) is 6.07 Å². The van der Waals surface area contributed by atoms with Gasteiger partial charge < -0.3 is 9.73 Å². The zero-order valence-electron chi connectivity index (χ0n) is 12.5. The van der Waals surface area contributed by atoms with Crippen molar-refractivity contribution >= 4 is 11.6 Å².